The van der Waals surface area contributed by atoms with E-state index in [1.54, 1.807) is 23.0 Å². The second kappa shape index (κ2) is 6.10. The van der Waals surface area contributed by atoms with Crippen LogP contribution in [0.15, 0.2) is 18.5 Å². The molecule has 1 N–H and O–H groups in total. The molecular formula is C12H18N2O2. The van der Waals surface area contributed by atoms with Crippen LogP contribution in [0.25, 0.3) is 0 Å². The Kier molecular flexibility index (Phi) is 4.76. The lowest BCUT2D eigenvalue weighted by Gasteiger charge is -2.02. The van der Waals surface area contributed by atoms with Gasteiger partial charge < -0.3 is 9.88 Å². The van der Waals surface area contributed by atoms with E-state index in [0.717, 1.165) is 6.42 Å². The van der Waals surface area contributed by atoms with Crippen LogP contribution in [-0.4, -0.2) is 22.8 Å². The van der Waals surface area contributed by atoms with E-state index < -0.39 is 0 Å². The zero-order chi connectivity index (χ0) is 12.0. The molecular weight excluding hydrogens is 204 g/mol. The number of likely N-dealkylation sites (N-methyl/N-ethyl adjacent to an activating group) is 1. The molecule has 4 heteroatoms. The minimum atomic E-state index is -0.0346. The van der Waals surface area contributed by atoms with Crippen LogP contribution in [0, 0.1) is 0 Å². The molecule has 0 bridgehead atoms. The first-order valence-corrected chi connectivity index (χ1v) is 5.63. The van der Waals surface area contributed by atoms with E-state index >= 15 is 0 Å². The highest BCUT2D eigenvalue weighted by molar-refractivity contribution is 5.95. The van der Waals surface area contributed by atoms with Crippen LogP contribution in [0.4, 0.5) is 0 Å². The molecule has 1 rings (SSSR count). The van der Waals surface area contributed by atoms with Gasteiger partial charge in [0.05, 0.1) is 0 Å². The molecule has 0 unspecified atom stereocenters. The summed E-state index contributed by atoms with van der Waals surface area (Å²) < 4.78 is 1.73. The van der Waals surface area contributed by atoms with Gasteiger partial charge >= 0.3 is 0 Å². The molecule has 0 aromatic carbocycles. The monoisotopic (exact) mass is 222 g/mol. The Balaban J connectivity index is 2.57. The molecule has 4 nitrogen and oxygen atoms in total. The summed E-state index contributed by atoms with van der Waals surface area (Å²) >= 11 is 0. The number of hydrogen-bond acceptors (Lipinski definition) is 2. The lowest BCUT2D eigenvalue weighted by Crippen LogP contribution is -2.26. The smallest absolute Gasteiger partial charge is 0.239 e. The fourth-order valence-electron chi connectivity index (χ4n) is 1.49. The quantitative estimate of drug-likeness (QED) is 0.743. The van der Waals surface area contributed by atoms with Crippen molar-refractivity contribution in [3.63, 3.8) is 0 Å². The number of nitrogens with one attached hydrogen (secondary N) is 1. The summed E-state index contributed by atoms with van der Waals surface area (Å²) in [5.41, 5.74) is 0.686. The summed E-state index contributed by atoms with van der Waals surface area (Å²) in [6, 6.07) is 1.76. The van der Waals surface area contributed by atoms with Crippen LogP contribution >= 0.6 is 0 Å². The first kappa shape index (κ1) is 12.5. The highest BCUT2D eigenvalue weighted by Gasteiger charge is 2.07. The first-order valence-electron chi connectivity index (χ1n) is 5.63. The molecule has 16 heavy (non-hydrogen) atoms. The molecule has 1 aromatic rings. The van der Waals surface area contributed by atoms with Gasteiger partial charge in [0.15, 0.2) is 5.78 Å². The molecule has 1 heterocycles. The van der Waals surface area contributed by atoms with E-state index in [4.69, 9.17) is 0 Å². The highest BCUT2D eigenvalue weighted by atomic mass is 16.2. The molecule has 0 aliphatic heterocycles. The van der Waals surface area contributed by atoms with Crippen LogP contribution in [0.5, 0.6) is 0 Å². The summed E-state index contributed by atoms with van der Waals surface area (Å²) in [5.74, 6) is 0.102. The molecule has 88 valence electrons. The van der Waals surface area contributed by atoms with Gasteiger partial charge in [-0.1, -0.05) is 6.92 Å². The second-order valence-corrected chi connectivity index (χ2v) is 3.70. The number of carbonyl (C=O) groups excluding carboxylic acids is 2. The third kappa shape index (κ3) is 3.53. The van der Waals surface area contributed by atoms with E-state index in [1.165, 1.54) is 0 Å². The van der Waals surface area contributed by atoms with Crippen molar-refractivity contribution in [3.8, 4) is 0 Å². The van der Waals surface area contributed by atoms with Crippen molar-refractivity contribution in [3.05, 3.63) is 24.0 Å². The Morgan fingerprint density at radius 1 is 1.38 bits per heavy atom. The Bertz CT molecular complexity index is 369. The Hall–Kier alpha value is -1.58. The largest absolute Gasteiger partial charge is 0.355 e. The van der Waals surface area contributed by atoms with Crippen molar-refractivity contribution < 1.29 is 9.59 Å². The van der Waals surface area contributed by atoms with Crippen molar-refractivity contribution in [1.82, 2.24) is 9.88 Å². The molecule has 0 radical (unpaired) electrons. The van der Waals surface area contributed by atoms with Crippen molar-refractivity contribution in [2.45, 2.75) is 33.2 Å². The Morgan fingerprint density at radius 3 is 2.75 bits per heavy atom. The standard InChI is InChI=1S/C12H18N2O2/c1-3-5-11(15)10-6-7-14(8-10)9-12(16)13-4-2/h6-8H,3-5,9H2,1-2H3,(H,13,16). The summed E-state index contributed by atoms with van der Waals surface area (Å²) in [7, 11) is 0. The third-order valence-corrected chi connectivity index (χ3v) is 2.25. The molecule has 0 saturated carbocycles. The van der Waals surface area contributed by atoms with E-state index in [0.29, 0.717) is 18.5 Å². The van der Waals surface area contributed by atoms with E-state index in [2.05, 4.69) is 5.32 Å². The number of carbonyl (C=O) groups is 2. The molecule has 0 aliphatic carbocycles. The van der Waals surface area contributed by atoms with Crippen LogP contribution in [0.1, 0.15) is 37.0 Å². The lowest BCUT2D eigenvalue weighted by atomic mass is 10.1. The fraction of sp³-hybridized carbons (Fsp3) is 0.500. The molecule has 1 amide bonds. The molecule has 0 aliphatic rings. The summed E-state index contributed by atoms with van der Waals surface area (Å²) in [4.78, 5) is 22.9. The van der Waals surface area contributed by atoms with Crippen LogP contribution in [0.2, 0.25) is 0 Å². The second-order valence-electron chi connectivity index (χ2n) is 3.70. The fourth-order valence-corrected chi connectivity index (χ4v) is 1.49. The molecule has 1 aromatic heterocycles. The summed E-state index contributed by atoms with van der Waals surface area (Å²) in [5, 5.41) is 2.71. The van der Waals surface area contributed by atoms with Gasteiger partial charge in [-0.15, -0.1) is 0 Å². The number of hydrogen-bond donors (Lipinski definition) is 1. The summed E-state index contributed by atoms with van der Waals surface area (Å²) in [6.07, 6.45) is 4.90. The molecule has 0 saturated heterocycles. The average Bonchev–Trinajstić information content (AvgIpc) is 2.67. The van der Waals surface area contributed by atoms with Crippen LogP contribution in [-0.2, 0) is 11.3 Å². The van der Waals surface area contributed by atoms with Gasteiger partial charge in [-0.2, -0.15) is 0 Å². The van der Waals surface area contributed by atoms with Gasteiger partial charge in [0, 0.05) is 30.9 Å². The molecule has 0 fully saturated rings. The van der Waals surface area contributed by atoms with Crippen molar-refractivity contribution in [2.24, 2.45) is 0 Å². The molecule has 0 atom stereocenters. The van der Waals surface area contributed by atoms with E-state index in [-0.39, 0.29) is 18.2 Å². The topological polar surface area (TPSA) is 51.1 Å². The number of rotatable bonds is 6. The normalized spacial score (nSPS) is 10.1. The third-order valence-electron chi connectivity index (χ3n) is 2.25. The minimum absolute atomic E-state index is 0.0346. The number of aromatic nitrogens is 1. The SMILES string of the molecule is CCCC(=O)c1ccn(CC(=O)NCC)c1. The lowest BCUT2D eigenvalue weighted by molar-refractivity contribution is -0.121. The first-order chi connectivity index (χ1) is 7.67. The van der Waals surface area contributed by atoms with E-state index in [9.17, 15) is 9.59 Å². The summed E-state index contributed by atoms with van der Waals surface area (Å²) in [6.45, 7) is 4.75. The Labute approximate surface area is 95.6 Å². The zero-order valence-electron chi connectivity index (χ0n) is 9.82. The minimum Gasteiger partial charge on any atom is -0.355 e. The number of ketones is 1. The van der Waals surface area contributed by atoms with Gasteiger partial charge in [0.25, 0.3) is 0 Å². The Morgan fingerprint density at radius 2 is 2.12 bits per heavy atom. The van der Waals surface area contributed by atoms with Crippen molar-refractivity contribution in [1.29, 1.82) is 0 Å². The average molecular weight is 222 g/mol. The number of amides is 1. The van der Waals surface area contributed by atoms with Crippen LogP contribution in [0.3, 0.4) is 0 Å². The predicted molar refractivity (Wildman–Crippen MR) is 62.4 cm³/mol. The number of Topliss-reactive ketones (excluding diaryl/α,β-unsaturated/α-hetero) is 1. The molecule has 0 spiro atoms. The number of nitrogens with zero attached hydrogens (tertiary/aromatic N) is 1. The van der Waals surface area contributed by atoms with Gasteiger partial charge in [-0.3, -0.25) is 9.59 Å². The van der Waals surface area contributed by atoms with Crippen molar-refractivity contribution >= 4 is 11.7 Å². The van der Waals surface area contributed by atoms with Gasteiger partial charge in [0.1, 0.15) is 6.54 Å². The van der Waals surface area contributed by atoms with Crippen molar-refractivity contribution in [2.75, 3.05) is 6.54 Å². The van der Waals surface area contributed by atoms with Gasteiger partial charge in [-0.05, 0) is 19.4 Å². The van der Waals surface area contributed by atoms with E-state index in [1.807, 2.05) is 13.8 Å². The maximum absolute atomic E-state index is 11.6. The van der Waals surface area contributed by atoms with Gasteiger partial charge in [0.2, 0.25) is 5.91 Å². The van der Waals surface area contributed by atoms with Gasteiger partial charge in [-0.25, -0.2) is 0 Å². The maximum Gasteiger partial charge on any atom is 0.239 e. The van der Waals surface area contributed by atoms with Crippen LogP contribution < -0.4 is 5.32 Å². The highest BCUT2D eigenvalue weighted by Crippen LogP contribution is 2.06. The maximum atomic E-state index is 11.6. The zero-order valence-corrected chi connectivity index (χ0v) is 9.82. The predicted octanol–water partition coefficient (Wildman–Crippen LogP) is 1.61.